The lowest BCUT2D eigenvalue weighted by molar-refractivity contribution is 0.215. The zero-order chi connectivity index (χ0) is 12.0. The van der Waals surface area contributed by atoms with E-state index in [1.165, 1.54) is 18.2 Å². The van der Waals surface area contributed by atoms with Crippen LogP contribution in [0.5, 0.6) is 0 Å². The Morgan fingerprint density at radius 1 is 1.50 bits per heavy atom. The van der Waals surface area contributed by atoms with Crippen LogP contribution >= 0.6 is 15.9 Å². The van der Waals surface area contributed by atoms with E-state index in [2.05, 4.69) is 34.3 Å². The lowest BCUT2D eigenvalue weighted by Crippen LogP contribution is -1.99. The zero-order valence-electron chi connectivity index (χ0n) is 8.71. The summed E-state index contributed by atoms with van der Waals surface area (Å²) in [5.41, 5.74) is 0.625. The lowest BCUT2D eigenvalue weighted by atomic mass is 10.2. The summed E-state index contributed by atoms with van der Waals surface area (Å²) in [7, 11) is 0. The predicted molar refractivity (Wildman–Crippen MR) is 66.4 cm³/mol. The van der Waals surface area contributed by atoms with Gasteiger partial charge in [0, 0.05) is 16.5 Å². The smallest absolute Gasteiger partial charge is 0.125 e. The normalized spacial score (nSPS) is 11.4. The molecule has 1 atom stereocenters. The van der Waals surface area contributed by atoms with E-state index in [4.69, 9.17) is 0 Å². The second-order valence-corrected chi connectivity index (χ2v) is 4.22. The van der Waals surface area contributed by atoms with Crippen LogP contribution in [0, 0.1) is 17.7 Å². The van der Waals surface area contributed by atoms with Crippen molar-refractivity contribution in [3.8, 4) is 11.8 Å². The van der Waals surface area contributed by atoms with Crippen LogP contribution in [0.15, 0.2) is 35.3 Å². The highest BCUT2D eigenvalue weighted by molar-refractivity contribution is 9.10. The second kappa shape index (κ2) is 6.47. The molecular weight excluding hydrogens is 271 g/mol. The quantitative estimate of drug-likeness (QED) is 0.667. The molecular formula is C13H12BrFO. The summed E-state index contributed by atoms with van der Waals surface area (Å²) >= 11 is 3.20. The van der Waals surface area contributed by atoms with Gasteiger partial charge in [0.25, 0.3) is 0 Å². The van der Waals surface area contributed by atoms with Gasteiger partial charge in [0.2, 0.25) is 0 Å². The van der Waals surface area contributed by atoms with Crippen LogP contribution in [0.3, 0.4) is 0 Å². The van der Waals surface area contributed by atoms with E-state index < -0.39 is 6.10 Å². The van der Waals surface area contributed by atoms with E-state index in [0.717, 1.165) is 0 Å². The number of aliphatic hydroxyl groups excluding tert-OH is 1. The maximum Gasteiger partial charge on any atom is 0.125 e. The van der Waals surface area contributed by atoms with Crippen molar-refractivity contribution in [2.24, 2.45) is 0 Å². The second-order valence-electron chi connectivity index (χ2n) is 3.30. The molecule has 0 spiro atoms. The van der Waals surface area contributed by atoms with E-state index in [1.54, 1.807) is 6.07 Å². The first-order valence-corrected chi connectivity index (χ1v) is 5.66. The van der Waals surface area contributed by atoms with Crippen molar-refractivity contribution < 1.29 is 9.50 Å². The van der Waals surface area contributed by atoms with Gasteiger partial charge in [-0.05, 0) is 24.6 Å². The van der Waals surface area contributed by atoms with Crippen LogP contribution in [0.1, 0.15) is 18.4 Å². The Hall–Kier alpha value is -1.11. The van der Waals surface area contributed by atoms with Gasteiger partial charge in [0.15, 0.2) is 0 Å². The highest BCUT2D eigenvalue weighted by Gasteiger charge is 1.96. The third kappa shape index (κ3) is 4.61. The minimum absolute atomic E-state index is 0.315. The fraction of sp³-hybridized carbons (Fsp3) is 0.231. The molecule has 0 aliphatic rings. The molecule has 1 N–H and O–H groups in total. The van der Waals surface area contributed by atoms with Gasteiger partial charge in [-0.1, -0.05) is 33.8 Å². The summed E-state index contributed by atoms with van der Waals surface area (Å²) in [6, 6.07) is 4.51. The fourth-order valence-corrected chi connectivity index (χ4v) is 1.59. The Morgan fingerprint density at radius 3 is 2.88 bits per heavy atom. The number of aliphatic hydroxyl groups is 1. The molecule has 0 saturated heterocycles. The first-order valence-electron chi connectivity index (χ1n) is 4.87. The van der Waals surface area contributed by atoms with E-state index >= 15 is 0 Å². The average molecular weight is 283 g/mol. The van der Waals surface area contributed by atoms with Gasteiger partial charge in [0.05, 0.1) is 6.10 Å². The number of hydrogen-bond donors (Lipinski definition) is 1. The van der Waals surface area contributed by atoms with Crippen LogP contribution in [0.2, 0.25) is 0 Å². The molecule has 0 amide bonds. The minimum atomic E-state index is -0.520. The first-order chi connectivity index (χ1) is 7.61. The molecule has 1 rings (SSSR count). The summed E-state index contributed by atoms with van der Waals surface area (Å²) in [6.07, 6.45) is 2.06. The topological polar surface area (TPSA) is 20.2 Å². The maximum absolute atomic E-state index is 13.0. The zero-order valence-corrected chi connectivity index (χ0v) is 10.3. The Labute approximate surface area is 103 Å². The van der Waals surface area contributed by atoms with Crippen LogP contribution in [0.25, 0.3) is 0 Å². The van der Waals surface area contributed by atoms with Crippen LogP contribution in [-0.2, 0) is 0 Å². The largest absolute Gasteiger partial charge is 0.389 e. The highest BCUT2D eigenvalue weighted by atomic mass is 79.9. The van der Waals surface area contributed by atoms with Crippen LogP contribution in [-0.4, -0.2) is 11.2 Å². The first kappa shape index (κ1) is 13.0. The van der Waals surface area contributed by atoms with Gasteiger partial charge in [-0.15, -0.1) is 6.58 Å². The molecule has 0 aliphatic heterocycles. The third-order valence-electron chi connectivity index (χ3n) is 1.93. The Bertz CT molecular complexity index is 411. The van der Waals surface area contributed by atoms with Gasteiger partial charge in [0.1, 0.15) is 5.82 Å². The molecule has 0 unspecified atom stereocenters. The van der Waals surface area contributed by atoms with Crippen molar-refractivity contribution in [1.82, 2.24) is 0 Å². The van der Waals surface area contributed by atoms with Crippen molar-refractivity contribution in [2.45, 2.75) is 18.9 Å². The van der Waals surface area contributed by atoms with Gasteiger partial charge in [-0.25, -0.2) is 4.39 Å². The summed E-state index contributed by atoms with van der Waals surface area (Å²) < 4.78 is 13.6. The molecule has 0 aliphatic carbocycles. The Kier molecular flexibility index (Phi) is 5.24. The van der Waals surface area contributed by atoms with Gasteiger partial charge in [-0.2, -0.15) is 0 Å². The standard InChI is InChI=1S/C13H12BrFO/c1-2-13(16)6-4-3-5-10-7-11(14)9-12(15)8-10/h2,7-9,13,16H,1,4,6H2/t13-/m1/s1. The molecule has 0 fully saturated rings. The molecule has 1 aromatic rings. The third-order valence-corrected chi connectivity index (χ3v) is 2.39. The highest BCUT2D eigenvalue weighted by Crippen LogP contribution is 2.14. The van der Waals surface area contributed by atoms with Crippen molar-refractivity contribution >= 4 is 15.9 Å². The molecule has 0 saturated carbocycles. The number of benzene rings is 1. The number of rotatable bonds is 3. The molecule has 0 aromatic heterocycles. The average Bonchev–Trinajstić information content (AvgIpc) is 2.22. The Balaban J connectivity index is 2.59. The van der Waals surface area contributed by atoms with Crippen molar-refractivity contribution in [3.63, 3.8) is 0 Å². The van der Waals surface area contributed by atoms with Gasteiger partial charge in [-0.3, -0.25) is 0 Å². The molecule has 0 bridgehead atoms. The fourth-order valence-electron chi connectivity index (χ4n) is 1.13. The molecule has 1 nitrogen and oxygen atoms in total. The minimum Gasteiger partial charge on any atom is -0.389 e. The Morgan fingerprint density at radius 2 is 2.25 bits per heavy atom. The summed E-state index contributed by atoms with van der Waals surface area (Å²) in [4.78, 5) is 0. The SMILES string of the molecule is C=C[C@@H](O)CCC#Cc1cc(F)cc(Br)c1. The molecule has 0 radical (unpaired) electrons. The van der Waals surface area contributed by atoms with E-state index in [0.29, 0.717) is 22.9 Å². The van der Waals surface area contributed by atoms with Gasteiger partial charge >= 0.3 is 0 Å². The number of halogens is 2. The number of hydrogen-bond acceptors (Lipinski definition) is 1. The summed E-state index contributed by atoms with van der Waals surface area (Å²) in [6.45, 7) is 3.47. The van der Waals surface area contributed by atoms with E-state index in [9.17, 15) is 9.50 Å². The van der Waals surface area contributed by atoms with Gasteiger partial charge < -0.3 is 5.11 Å². The van der Waals surface area contributed by atoms with E-state index in [-0.39, 0.29) is 5.82 Å². The summed E-state index contributed by atoms with van der Waals surface area (Å²) in [5.74, 6) is 5.40. The molecule has 84 valence electrons. The monoisotopic (exact) mass is 282 g/mol. The van der Waals surface area contributed by atoms with Crippen molar-refractivity contribution in [3.05, 3.63) is 46.7 Å². The van der Waals surface area contributed by atoms with Crippen LogP contribution < -0.4 is 0 Å². The molecule has 3 heteroatoms. The molecule has 0 heterocycles. The predicted octanol–water partition coefficient (Wildman–Crippen LogP) is 3.27. The molecule has 1 aromatic carbocycles. The molecule has 16 heavy (non-hydrogen) atoms. The van der Waals surface area contributed by atoms with Crippen LogP contribution in [0.4, 0.5) is 4.39 Å². The van der Waals surface area contributed by atoms with E-state index in [1.807, 2.05) is 0 Å². The maximum atomic E-state index is 13.0. The summed E-state index contributed by atoms with van der Waals surface area (Å²) in [5, 5.41) is 9.19. The van der Waals surface area contributed by atoms with Crippen molar-refractivity contribution in [2.75, 3.05) is 0 Å². The van der Waals surface area contributed by atoms with Crippen molar-refractivity contribution in [1.29, 1.82) is 0 Å². The lowest BCUT2D eigenvalue weighted by Gasteiger charge is -1.98.